The Morgan fingerprint density at radius 2 is 2.10 bits per heavy atom. The number of carbonyl (C=O) groups is 1. The number of carbonyl (C=O) groups excluding carboxylic acids is 1. The van der Waals surface area contributed by atoms with Crippen LogP contribution < -0.4 is 17.0 Å². The second-order valence-corrected chi connectivity index (χ2v) is 4.95. The van der Waals surface area contributed by atoms with Gasteiger partial charge in [-0.05, 0) is 23.6 Å². The van der Waals surface area contributed by atoms with E-state index in [4.69, 9.17) is 5.73 Å². The molecule has 0 spiro atoms. The van der Waals surface area contributed by atoms with E-state index in [2.05, 4.69) is 9.97 Å². The minimum absolute atomic E-state index is 0.0763. The molecule has 108 valence electrons. The van der Waals surface area contributed by atoms with E-state index in [9.17, 15) is 14.4 Å². The summed E-state index contributed by atoms with van der Waals surface area (Å²) in [6.07, 6.45) is 1.83. The number of aromatic nitrogens is 2. The van der Waals surface area contributed by atoms with Gasteiger partial charge in [-0.1, -0.05) is 12.1 Å². The molecule has 1 aromatic heterocycles. The molecule has 0 saturated carbocycles. The largest absolute Gasteiger partial charge is 0.398 e. The number of hydrogen-bond acceptors (Lipinski definition) is 4. The maximum absolute atomic E-state index is 12.4. The zero-order chi connectivity index (χ0) is 15.0. The Balaban J connectivity index is 1.92. The molecule has 21 heavy (non-hydrogen) atoms. The van der Waals surface area contributed by atoms with Crippen molar-refractivity contribution in [3.05, 3.63) is 61.9 Å². The maximum atomic E-state index is 12.4. The summed E-state index contributed by atoms with van der Waals surface area (Å²) in [7, 11) is 0. The Labute approximate surface area is 119 Å². The van der Waals surface area contributed by atoms with Gasteiger partial charge in [-0.25, -0.2) is 4.79 Å². The molecule has 7 nitrogen and oxygen atoms in total. The van der Waals surface area contributed by atoms with Gasteiger partial charge in [-0.3, -0.25) is 14.6 Å². The number of nitrogen functional groups attached to an aromatic ring is 1. The number of nitrogens with two attached hydrogens (primary N) is 1. The summed E-state index contributed by atoms with van der Waals surface area (Å²) in [5, 5.41) is 0. The zero-order valence-electron chi connectivity index (χ0n) is 11.2. The Morgan fingerprint density at radius 3 is 2.86 bits per heavy atom. The first-order valence-electron chi connectivity index (χ1n) is 6.54. The molecule has 1 aromatic carbocycles. The molecule has 0 saturated heterocycles. The van der Waals surface area contributed by atoms with Gasteiger partial charge in [0.25, 0.3) is 11.5 Å². The molecule has 4 N–H and O–H groups in total. The number of nitrogens with one attached hydrogen (secondary N) is 2. The zero-order valence-corrected chi connectivity index (χ0v) is 11.2. The Bertz CT molecular complexity index is 821. The maximum Gasteiger partial charge on any atom is 0.325 e. The van der Waals surface area contributed by atoms with Crippen molar-refractivity contribution in [2.45, 2.75) is 13.0 Å². The Kier molecular flexibility index (Phi) is 3.09. The fourth-order valence-corrected chi connectivity index (χ4v) is 2.52. The van der Waals surface area contributed by atoms with Gasteiger partial charge in [0.2, 0.25) is 0 Å². The van der Waals surface area contributed by atoms with E-state index in [1.54, 1.807) is 11.0 Å². The molecule has 0 unspecified atom stereocenters. The number of hydrogen-bond donors (Lipinski definition) is 3. The summed E-state index contributed by atoms with van der Waals surface area (Å²) < 4.78 is 0. The van der Waals surface area contributed by atoms with Crippen LogP contribution in [0.15, 0.2) is 34.0 Å². The lowest BCUT2D eigenvalue weighted by atomic mass is 9.98. The number of fused-ring (bicyclic) bond motifs is 1. The quantitative estimate of drug-likeness (QED) is 0.632. The molecule has 2 heterocycles. The molecule has 1 aliphatic rings. The minimum Gasteiger partial charge on any atom is -0.398 e. The van der Waals surface area contributed by atoms with E-state index in [1.165, 1.54) is 0 Å². The van der Waals surface area contributed by atoms with Gasteiger partial charge in [0.15, 0.2) is 0 Å². The molecule has 0 radical (unpaired) electrons. The first-order valence-corrected chi connectivity index (χ1v) is 6.54. The Morgan fingerprint density at radius 1 is 1.29 bits per heavy atom. The highest BCUT2D eigenvalue weighted by Gasteiger charge is 2.24. The Hall–Kier alpha value is -2.83. The average Bonchev–Trinajstić information content (AvgIpc) is 2.47. The van der Waals surface area contributed by atoms with E-state index >= 15 is 0 Å². The van der Waals surface area contributed by atoms with Gasteiger partial charge in [0.1, 0.15) is 5.56 Å². The van der Waals surface area contributed by atoms with Crippen molar-refractivity contribution >= 4 is 11.6 Å². The van der Waals surface area contributed by atoms with Crippen molar-refractivity contribution in [2.75, 3.05) is 12.3 Å². The van der Waals surface area contributed by atoms with Crippen molar-refractivity contribution in [2.24, 2.45) is 0 Å². The lowest BCUT2D eigenvalue weighted by molar-refractivity contribution is 0.0733. The summed E-state index contributed by atoms with van der Waals surface area (Å²) in [6, 6.07) is 5.66. The summed E-state index contributed by atoms with van der Waals surface area (Å²) in [5.74, 6) is -0.415. The van der Waals surface area contributed by atoms with Crippen LogP contribution in [0, 0.1) is 0 Å². The molecule has 0 aliphatic carbocycles. The molecule has 3 rings (SSSR count). The highest BCUT2D eigenvalue weighted by molar-refractivity contribution is 5.93. The van der Waals surface area contributed by atoms with Crippen LogP contribution >= 0.6 is 0 Å². The molecule has 1 aliphatic heterocycles. The number of nitrogens with zero attached hydrogens (tertiary/aromatic N) is 1. The third kappa shape index (κ3) is 2.33. The van der Waals surface area contributed by atoms with E-state index in [0.717, 1.165) is 17.3 Å². The van der Waals surface area contributed by atoms with Crippen molar-refractivity contribution in [3.63, 3.8) is 0 Å². The number of amides is 1. The molecule has 1 amide bonds. The molecule has 0 bridgehead atoms. The highest BCUT2D eigenvalue weighted by Crippen LogP contribution is 2.24. The van der Waals surface area contributed by atoms with Crippen molar-refractivity contribution < 1.29 is 4.79 Å². The van der Waals surface area contributed by atoms with Crippen LogP contribution in [0.2, 0.25) is 0 Å². The molecular formula is C14H14N4O3. The SMILES string of the molecule is Nc1cccc2c1CN(C(=O)c1c[nH]c(=O)[nH]c1=O)CC2. The summed E-state index contributed by atoms with van der Waals surface area (Å²) in [6.45, 7) is 0.868. The van der Waals surface area contributed by atoms with E-state index in [0.29, 0.717) is 25.2 Å². The van der Waals surface area contributed by atoms with Crippen molar-refractivity contribution in [3.8, 4) is 0 Å². The second-order valence-electron chi connectivity index (χ2n) is 4.95. The third-order valence-electron chi connectivity index (χ3n) is 3.65. The van der Waals surface area contributed by atoms with E-state index in [-0.39, 0.29) is 5.56 Å². The van der Waals surface area contributed by atoms with Gasteiger partial charge in [-0.15, -0.1) is 0 Å². The standard InChI is InChI=1S/C14H14N4O3/c15-11-3-1-2-8-4-5-18(7-10(8)11)13(20)9-6-16-14(21)17-12(9)19/h1-3,6H,4-5,7,15H2,(H2,16,17,19,21). The molecular weight excluding hydrogens is 272 g/mol. The summed E-state index contributed by atoms with van der Waals surface area (Å²) in [5.41, 5.74) is 7.22. The van der Waals surface area contributed by atoms with Crippen LogP contribution in [0.5, 0.6) is 0 Å². The van der Waals surface area contributed by atoms with Gasteiger partial charge in [0.05, 0.1) is 0 Å². The van der Waals surface area contributed by atoms with Gasteiger partial charge >= 0.3 is 5.69 Å². The van der Waals surface area contributed by atoms with Crippen LogP contribution in [0.4, 0.5) is 5.69 Å². The average molecular weight is 286 g/mol. The van der Waals surface area contributed by atoms with Gasteiger partial charge < -0.3 is 15.6 Å². The van der Waals surface area contributed by atoms with Crippen LogP contribution in [0.3, 0.4) is 0 Å². The predicted molar refractivity (Wildman–Crippen MR) is 77.0 cm³/mol. The van der Waals surface area contributed by atoms with Gasteiger partial charge in [-0.2, -0.15) is 0 Å². The number of rotatable bonds is 1. The first-order chi connectivity index (χ1) is 10.1. The lowest BCUT2D eigenvalue weighted by Crippen LogP contribution is -2.40. The number of H-pyrrole nitrogens is 2. The van der Waals surface area contributed by atoms with Crippen LogP contribution in [0.1, 0.15) is 21.5 Å². The monoisotopic (exact) mass is 286 g/mol. The lowest BCUT2D eigenvalue weighted by Gasteiger charge is -2.29. The smallest absolute Gasteiger partial charge is 0.325 e. The summed E-state index contributed by atoms with van der Waals surface area (Å²) >= 11 is 0. The predicted octanol–water partition coefficient (Wildman–Crippen LogP) is -0.156. The van der Waals surface area contributed by atoms with Crippen molar-refractivity contribution in [1.29, 1.82) is 0 Å². The normalized spacial score (nSPS) is 13.8. The topological polar surface area (TPSA) is 112 Å². The van der Waals surface area contributed by atoms with Gasteiger partial charge in [0, 0.05) is 25.0 Å². The molecule has 7 heteroatoms. The third-order valence-corrected chi connectivity index (χ3v) is 3.65. The minimum atomic E-state index is -0.685. The molecule has 0 fully saturated rings. The fourth-order valence-electron chi connectivity index (χ4n) is 2.52. The number of anilines is 1. The highest BCUT2D eigenvalue weighted by atomic mass is 16.2. The van der Waals surface area contributed by atoms with Crippen LogP contribution in [-0.4, -0.2) is 27.3 Å². The van der Waals surface area contributed by atoms with Crippen LogP contribution in [0.25, 0.3) is 0 Å². The van der Waals surface area contributed by atoms with E-state index < -0.39 is 17.2 Å². The summed E-state index contributed by atoms with van der Waals surface area (Å²) in [4.78, 5) is 41.0. The fraction of sp³-hybridized carbons (Fsp3) is 0.214. The second kappa shape index (κ2) is 4.93. The van der Waals surface area contributed by atoms with Crippen molar-refractivity contribution in [1.82, 2.24) is 14.9 Å². The number of benzene rings is 1. The first kappa shape index (κ1) is 13.2. The number of aromatic amines is 2. The molecule has 0 atom stereocenters. The van der Waals surface area contributed by atoms with Crippen LogP contribution in [-0.2, 0) is 13.0 Å². The molecule has 2 aromatic rings. The van der Waals surface area contributed by atoms with E-state index in [1.807, 2.05) is 12.1 Å².